The van der Waals surface area contributed by atoms with Crippen molar-refractivity contribution in [1.82, 2.24) is 10.2 Å². The molecule has 1 fully saturated rings. The van der Waals surface area contributed by atoms with Gasteiger partial charge in [0.2, 0.25) is 0 Å². The van der Waals surface area contributed by atoms with Crippen LogP contribution in [0.5, 0.6) is 0 Å². The Morgan fingerprint density at radius 2 is 2.05 bits per heavy atom. The number of amides is 2. The molecule has 20 heavy (non-hydrogen) atoms. The van der Waals surface area contributed by atoms with Crippen LogP contribution >= 0.6 is 0 Å². The predicted molar refractivity (Wildman–Crippen MR) is 82.7 cm³/mol. The van der Waals surface area contributed by atoms with Gasteiger partial charge in [-0.05, 0) is 44.4 Å². The number of urea groups is 1. The highest BCUT2D eigenvalue weighted by Crippen LogP contribution is 2.23. The zero-order valence-electron chi connectivity index (χ0n) is 13.8. The number of nitrogens with zero attached hydrogens (tertiary/aromatic N) is 1. The highest BCUT2D eigenvalue weighted by Gasteiger charge is 2.27. The molecule has 0 aromatic carbocycles. The first-order chi connectivity index (χ1) is 9.21. The molecular weight excluding hydrogens is 252 g/mol. The van der Waals surface area contributed by atoms with E-state index in [1.165, 1.54) is 12.8 Å². The number of nitrogens with one attached hydrogen (secondary N) is 1. The van der Waals surface area contributed by atoms with Crippen LogP contribution in [-0.4, -0.2) is 41.3 Å². The lowest BCUT2D eigenvalue weighted by molar-refractivity contribution is 0.124. The third-order valence-electron chi connectivity index (χ3n) is 4.19. The topological polar surface area (TPSA) is 52.6 Å². The number of carbonyl (C=O) groups excluding carboxylic acids is 1. The molecule has 4 nitrogen and oxygen atoms in total. The minimum absolute atomic E-state index is 0.0462. The van der Waals surface area contributed by atoms with E-state index in [1.807, 2.05) is 4.90 Å². The van der Waals surface area contributed by atoms with E-state index < -0.39 is 0 Å². The van der Waals surface area contributed by atoms with Gasteiger partial charge in [-0.1, -0.05) is 27.2 Å². The summed E-state index contributed by atoms with van der Waals surface area (Å²) in [5.74, 6) is 0.580. The second kappa shape index (κ2) is 7.30. The molecule has 118 valence electrons. The summed E-state index contributed by atoms with van der Waals surface area (Å²) in [4.78, 5) is 14.4. The van der Waals surface area contributed by atoms with E-state index in [1.54, 1.807) is 6.92 Å². The smallest absolute Gasteiger partial charge is 0.317 e. The molecule has 0 spiro atoms. The minimum atomic E-state index is -0.334. The summed E-state index contributed by atoms with van der Waals surface area (Å²) < 4.78 is 0. The molecular formula is C16H32N2O2. The highest BCUT2D eigenvalue weighted by atomic mass is 16.3. The Morgan fingerprint density at radius 1 is 1.40 bits per heavy atom. The number of likely N-dealkylation sites (tertiary alicyclic amines) is 1. The zero-order valence-corrected chi connectivity index (χ0v) is 13.8. The van der Waals surface area contributed by atoms with Gasteiger partial charge in [-0.2, -0.15) is 0 Å². The number of rotatable bonds is 4. The summed E-state index contributed by atoms with van der Waals surface area (Å²) in [5, 5.41) is 12.5. The Balaban J connectivity index is 2.52. The van der Waals surface area contributed by atoms with Crippen molar-refractivity contribution in [3.8, 4) is 0 Å². The van der Waals surface area contributed by atoms with Crippen molar-refractivity contribution in [1.29, 1.82) is 0 Å². The molecule has 1 aliphatic heterocycles. The maximum Gasteiger partial charge on any atom is 0.317 e. The van der Waals surface area contributed by atoms with Crippen LogP contribution in [0.25, 0.3) is 0 Å². The van der Waals surface area contributed by atoms with Gasteiger partial charge in [0.25, 0.3) is 0 Å². The molecule has 2 amide bonds. The van der Waals surface area contributed by atoms with E-state index in [0.717, 1.165) is 13.0 Å². The first-order valence-corrected chi connectivity index (χ1v) is 7.94. The van der Waals surface area contributed by atoms with Crippen molar-refractivity contribution in [3.05, 3.63) is 0 Å². The molecule has 0 aromatic rings. The summed E-state index contributed by atoms with van der Waals surface area (Å²) in [6.45, 7) is 11.8. The normalized spacial score (nSPS) is 26.0. The van der Waals surface area contributed by atoms with Gasteiger partial charge in [0.05, 0.1) is 6.10 Å². The van der Waals surface area contributed by atoms with Crippen molar-refractivity contribution < 1.29 is 9.90 Å². The fourth-order valence-electron chi connectivity index (χ4n) is 3.10. The Morgan fingerprint density at radius 3 is 2.65 bits per heavy atom. The molecule has 1 heterocycles. The van der Waals surface area contributed by atoms with E-state index in [2.05, 4.69) is 33.0 Å². The Kier molecular flexibility index (Phi) is 6.31. The monoisotopic (exact) mass is 284 g/mol. The standard InChI is InChI=1S/C16H32N2O2/c1-12-7-6-8-13(2)18(10-12)15(20)17-11-16(4,5)9-14(3)19/h12-14,19H,6-11H2,1-5H3,(H,17,20)/t12-,13+,14+/m1/s1. The van der Waals surface area contributed by atoms with Gasteiger partial charge in [0.15, 0.2) is 0 Å². The van der Waals surface area contributed by atoms with Crippen LogP contribution in [0, 0.1) is 11.3 Å². The van der Waals surface area contributed by atoms with Crippen molar-refractivity contribution in [3.63, 3.8) is 0 Å². The van der Waals surface area contributed by atoms with Crippen molar-refractivity contribution in [2.24, 2.45) is 11.3 Å². The van der Waals surface area contributed by atoms with Gasteiger partial charge in [0.1, 0.15) is 0 Å². The van der Waals surface area contributed by atoms with Crippen LogP contribution in [0.1, 0.15) is 60.3 Å². The highest BCUT2D eigenvalue weighted by molar-refractivity contribution is 5.74. The van der Waals surface area contributed by atoms with E-state index in [4.69, 9.17) is 0 Å². The number of aliphatic hydroxyl groups excluding tert-OH is 1. The van der Waals surface area contributed by atoms with Crippen LogP contribution < -0.4 is 5.32 Å². The SMILES string of the molecule is C[C@@H]1CCC[C@H](C)N(C(=O)NCC(C)(C)C[C@H](C)O)C1. The average Bonchev–Trinajstić information content (AvgIpc) is 2.47. The van der Waals surface area contributed by atoms with Crippen molar-refractivity contribution in [2.45, 2.75) is 72.4 Å². The third kappa shape index (κ3) is 5.70. The van der Waals surface area contributed by atoms with Gasteiger partial charge in [-0.25, -0.2) is 4.79 Å². The minimum Gasteiger partial charge on any atom is -0.393 e. The molecule has 0 saturated carbocycles. The van der Waals surface area contributed by atoms with Crippen LogP contribution in [0.3, 0.4) is 0 Å². The first kappa shape index (κ1) is 17.3. The second-order valence-corrected chi connectivity index (χ2v) is 7.41. The number of hydrogen-bond acceptors (Lipinski definition) is 2. The largest absolute Gasteiger partial charge is 0.393 e. The molecule has 3 atom stereocenters. The van der Waals surface area contributed by atoms with Crippen molar-refractivity contribution in [2.75, 3.05) is 13.1 Å². The number of aliphatic hydroxyl groups is 1. The summed E-state index contributed by atoms with van der Waals surface area (Å²) in [7, 11) is 0. The fourth-order valence-corrected chi connectivity index (χ4v) is 3.10. The molecule has 4 heteroatoms. The molecule has 0 unspecified atom stereocenters. The van der Waals surface area contributed by atoms with E-state index in [9.17, 15) is 9.90 Å². The Labute approximate surface area is 123 Å². The quantitative estimate of drug-likeness (QED) is 0.834. The van der Waals surface area contributed by atoms with Gasteiger partial charge >= 0.3 is 6.03 Å². The molecule has 1 rings (SSSR count). The lowest BCUT2D eigenvalue weighted by Crippen LogP contribution is -2.48. The van der Waals surface area contributed by atoms with Crippen LogP contribution in [0.2, 0.25) is 0 Å². The van der Waals surface area contributed by atoms with Gasteiger partial charge in [-0.15, -0.1) is 0 Å². The van der Waals surface area contributed by atoms with Crippen LogP contribution in [-0.2, 0) is 0 Å². The summed E-state index contributed by atoms with van der Waals surface area (Å²) >= 11 is 0. The third-order valence-corrected chi connectivity index (χ3v) is 4.19. The van der Waals surface area contributed by atoms with E-state index in [0.29, 0.717) is 24.9 Å². The van der Waals surface area contributed by atoms with E-state index in [-0.39, 0.29) is 17.6 Å². The van der Waals surface area contributed by atoms with Crippen LogP contribution in [0.4, 0.5) is 4.79 Å². The van der Waals surface area contributed by atoms with E-state index >= 15 is 0 Å². The second-order valence-electron chi connectivity index (χ2n) is 7.41. The molecule has 0 aromatic heterocycles. The molecule has 2 N–H and O–H groups in total. The lowest BCUT2D eigenvalue weighted by Gasteiger charge is -2.32. The average molecular weight is 284 g/mol. The predicted octanol–water partition coefficient (Wildman–Crippen LogP) is 3.00. The molecule has 0 aliphatic carbocycles. The molecule has 0 radical (unpaired) electrons. The maximum absolute atomic E-state index is 12.4. The Bertz CT molecular complexity index is 316. The summed E-state index contributed by atoms with van der Waals surface area (Å²) in [6, 6.07) is 0.366. The van der Waals surface area contributed by atoms with Crippen LogP contribution in [0.15, 0.2) is 0 Å². The fraction of sp³-hybridized carbons (Fsp3) is 0.938. The zero-order chi connectivity index (χ0) is 15.3. The molecule has 1 aliphatic rings. The molecule has 0 bridgehead atoms. The van der Waals surface area contributed by atoms with Crippen molar-refractivity contribution >= 4 is 6.03 Å². The number of carbonyl (C=O) groups is 1. The molecule has 1 saturated heterocycles. The maximum atomic E-state index is 12.4. The lowest BCUT2D eigenvalue weighted by atomic mass is 9.87. The Hall–Kier alpha value is -0.770. The van der Waals surface area contributed by atoms with Gasteiger partial charge in [-0.3, -0.25) is 0 Å². The summed E-state index contributed by atoms with van der Waals surface area (Å²) in [6.07, 6.45) is 3.87. The van der Waals surface area contributed by atoms with Gasteiger partial charge in [0, 0.05) is 19.1 Å². The van der Waals surface area contributed by atoms with Gasteiger partial charge < -0.3 is 15.3 Å². The first-order valence-electron chi connectivity index (χ1n) is 7.94. The summed E-state index contributed by atoms with van der Waals surface area (Å²) in [5.41, 5.74) is -0.0788. The number of hydrogen-bond donors (Lipinski definition) is 2.